The van der Waals surface area contributed by atoms with Crippen molar-refractivity contribution in [3.8, 4) is 0 Å². The van der Waals surface area contributed by atoms with Crippen LogP contribution in [0.4, 0.5) is 5.82 Å². The Morgan fingerprint density at radius 1 is 1.24 bits per heavy atom. The lowest BCUT2D eigenvalue weighted by molar-refractivity contribution is 0.0703. The van der Waals surface area contributed by atoms with Crippen molar-refractivity contribution in [2.45, 2.75) is 46.1 Å². The van der Waals surface area contributed by atoms with Crippen LogP contribution in [0.15, 0.2) is 12.1 Å². The quantitative estimate of drug-likeness (QED) is 0.924. The van der Waals surface area contributed by atoms with Crippen LogP contribution in [-0.2, 0) is 5.41 Å². The Morgan fingerprint density at radius 2 is 1.92 bits per heavy atom. The number of nitrogens with zero attached hydrogens (tertiary/aromatic N) is 5. The lowest BCUT2D eigenvalue weighted by Crippen LogP contribution is -2.60. The summed E-state index contributed by atoms with van der Waals surface area (Å²) in [4.78, 5) is 16.6. The van der Waals surface area contributed by atoms with Crippen molar-refractivity contribution < 1.29 is 4.79 Å². The van der Waals surface area contributed by atoms with E-state index >= 15 is 0 Å². The summed E-state index contributed by atoms with van der Waals surface area (Å²) in [6.45, 7) is 11.6. The topological polar surface area (TPSA) is 78.0 Å². The number of H-pyrrole nitrogens is 1. The van der Waals surface area contributed by atoms with E-state index in [-0.39, 0.29) is 17.4 Å². The summed E-state index contributed by atoms with van der Waals surface area (Å²) >= 11 is 0. The molecule has 1 N–H and O–H groups in total. The van der Waals surface area contributed by atoms with Gasteiger partial charge in [-0.25, -0.2) is 0 Å². The van der Waals surface area contributed by atoms with Crippen molar-refractivity contribution in [2.24, 2.45) is 0 Å². The summed E-state index contributed by atoms with van der Waals surface area (Å²) in [5, 5.41) is 15.7. The number of likely N-dealkylation sites (N-methyl/N-ethyl adjacent to an activating group) is 1. The molecule has 0 aromatic carbocycles. The van der Waals surface area contributed by atoms with Gasteiger partial charge in [-0.1, -0.05) is 20.8 Å². The molecule has 134 valence electrons. The number of aromatic amines is 1. The highest BCUT2D eigenvalue weighted by molar-refractivity contribution is 5.96. The van der Waals surface area contributed by atoms with Gasteiger partial charge < -0.3 is 9.80 Å². The second kappa shape index (κ2) is 6.13. The standard InChI is InChI=1S/C18H26N6O/c1-11-16(12(2)20-19-11)17(25)23(6)13-9-24(10-13)15-8-7-14(21-22-15)18(3,4)5/h7-8,13H,9-10H2,1-6H3,(H,19,20). The van der Waals surface area contributed by atoms with Crippen LogP contribution in [0.2, 0.25) is 0 Å². The third kappa shape index (κ3) is 3.23. The number of aryl methyl sites for hydroxylation is 2. The van der Waals surface area contributed by atoms with E-state index in [0.29, 0.717) is 5.56 Å². The number of hydrogen-bond donors (Lipinski definition) is 1. The molecule has 0 saturated carbocycles. The Labute approximate surface area is 148 Å². The van der Waals surface area contributed by atoms with Crippen molar-refractivity contribution >= 4 is 11.7 Å². The van der Waals surface area contributed by atoms with Gasteiger partial charge in [0.15, 0.2) is 5.82 Å². The zero-order valence-electron chi connectivity index (χ0n) is 15.8. The summed E-state index contributed by atoms with van der Waals surface area (Å²) in [5.41, 5.74) is 3.21. The van der Waals surface area contributed by atoms with Gasteiger partial charge >= 0.3 is 0 Å². The first-order valence-corrected chi connectivity index (χ1v) is 8.56. The van der Waals surface area contributed by atoms with E-state index < -0.39 is 0 Å². The molecule has 3 rings (SSSR count). The fraction of sp³-hybridized carbons (Fsp3) is 0.556. The van der Waals surface area contributed by atoms with E-state index in [4.69, 9.17) is 0 Å². The summed E-state index contributed by atoms with van der Waals surface area (Å²) in [6, 6.07) is 4.21. The Kier molecular flexibility index (Phi) is 4.26. The van der Waals surface area contributed by atoms with Gasteiger partial charge in [-0.2, -0.15) is 10.2 Å². The van der Waals surface area contributed by atoms with Crippen LogP contribution in [0.1, 0.15) is 48.2 Å². The summed E-state index contributed by atoms with van der Waals surface area (Å²) in [7, 11) is 1.85. The Morgan fingerprint density at radius 3 is 2.40 bits per heavy atom. The Hall–Kier alpha value is -2.44. The van der Waals surface area contributed by atoms with Gasteiger partial charge in [0.05, 0.1) is 23.0 Å². The maximum atomic E-state index is 12.7. The number of rotatable bonds is 3. The summed E-state index contributed by atoms with van der Waals surface area (Å²) < 4.78 is 0. The summed E-state index contributed by atoms with van der Waals surface area (Å²) in [5.74, 6) is 0.878. The first-order valence-electron chi connectivity index (χ1n) is 8.56. The zero-order valence-corrected chi connectivity index (χ0v) is 15.8. The van der Waals surface area contributed by atoms with Crippen molar-refractivity contribution in [2.75, 3.05) is 25.0 Å². The molecule has 25 heavy (non-hydrogen) atoms. The minimum absolute atomic E-state index is 0.00400. The molecule has 0 atom stereocenters. The molecule has 7 nitrogen and oxygen atoms in total. The van der Waals surface area contributed by atoms with E-state index in [0.717, 1.165) is 36.0 Å². The smallest absolute Gasteiger partial charge is 0.257 e. The van der Waals surface area contributed by atoms with E-state index in [1.807, 2.05) is 33.0 Å². The molecular formula is C18H26N6O. The number of aromatic nitrogens is 4. The molecule has 2 aromatic rings. The van der Waals surface area contributed by atoms with E-state index in [1.165, 1.54) is 0 Å². The molecule has 0 unspecified atom stereocenters. The average molecular weight is 342 g/mol. The largest absolute Gasteiger partial charge is 0.351 e. The predicted octanol–water partition coefficient (Wildman–Crippen LogP) is 2.07. The fourth-order valence-electron chi connectivity index (χ4n) is 2.99. The van der Waals surface area contributed by atoms with Gasteiger partial charge in [-0.3, -0.25) is 9.89 Å². The highest BCUT2D eigenvalue weighted by atomic mass is 16.2. The maximum Gasteiger partial charge on any atom is 0.257 e. The maximum absolute atomic E-state index is 12.7. The van der Waals surface area contributed by atoms with E-state index in [2.05, 4.69) is 46.1 Å². The highest BCUT2D eigenvalue weighted by Crippen LogP contribution is 2.25. The highest BCUT2D eigenvalue weighted by Gasteiger charge is 2.35. The molecule has 1 fully saturated rings. The molecule has 0 spiro atoms. The molecule has 1 saturated heterocycles. The van der Waals surface area contributed by atoms with E-state index in [9.17, 15) is 4.79 Å². The molecule has 0 aliphatic carbocycles. The SMILES string of the molecule is Cc1n[nH]c(C)c1C(=O)N(C)C1CN(c2ccc(C(C)(C)C)nn2)C1. The zero-order chi connectivity index (χ0) is 18.4. The number of carbonyl (C=O) groups excluding carboxylic acids is 1. The van der Waals surface area contributed by atoms with Gasteiger partial charge in [0.25, 0.3) is 5.91 Å². The second-order valence-electron chi connectivity index (χ2n) is 7.81. The van der Waals surface area contributed by atoms with Gasteiger partial charge in [-0.15, -0.1) is 5.10 Å². The Balaban J connectivity index is 1.63. The minimum Gasteiger partial charge on any atom is -0.351 e. The number of anilines is 1. The number of amides is 1. The van der Waals surface area contributed by atoms with Gasteiger partial charge in [0, 0.05) is 31.2 Å². The molecular weight excluding hydrogens is 316 g/mol. The third-order valence-electron chi connectivity index (χ3n) is 4.82. The van der Waals surface area contributed by atoms with Crippen LogP contribution >= 0.6 is 0 Å². The average Bonchev–Trinajstić information content (AvgIpc) is 2.83. The number of nitrogens with one attached hydrogen (secondary N) is 1. The molecule has 7 heteroatoms. The molecule has 1 amide bonds. The van der Waals surface area contributed by atoms with Gasteiger partial charge in [0.2, 0.25) is 0 Å². The van der Waals surface area contributed by atoms with Crippen molar-refractivity contribution in [1.29, 1.82) is 0 Å². The van der Waals surface area contributed by atoms with Crippen LogP contribution in [0.5, 0.6) is 0 Å². The third-order valence-corrected chi connectivity index (χ3v) is 4.82. The molecule has 2 aromatic heterocycles. The number of hydrogen-bond acceptors (Lipinski definition) is 5. The molecule has 1 aliphatic heterocycles. The second-order valence-corrected chi connectivity index (χ2v) is 7.81. The minimum atomic E-state index is -0.00400. The van der Waals surface area contributed by atoms with Crippen molar-refractivity contribution in [3.63, 3.8) is 0 Å². The first-order chi connectivity index (χ1) is 11.7. The van der Waals surface area contributed by atoms with Crippen LogP contribution in [0.3, 0.4) is 0 Å². The van der Waals surface area contributed by atoms with Gasteiger partial charge in [0.1, 0.15) is 0 Å². The monoisotopic (exact) mass is 342 g/mol. The first kappa shape index (κ1) is 17.4. The number of carbonyl (C=O) groups is 1. The van der Waals surface area contributed by atoms with E-state index in [1.54, 1.807) is 4.90 Å². The molecule has 1 aliphatic rings. The van der Waals surface area contributed by atoms with Crippen LogP contribution in [0.25, 0.3) is 0 Å². The predicted molar refractivity (Wildman–Crippen MR) is 96.9 cm³/mol. The van der Waals surface area contributed by atoms with Crippen LogP contribution < -0.4 is 4.90 Å². The fourth-order valence-corrected chi connectivity index (χ4v) is 2.99. The molecule has 0 radical (unpaired) electrons. The van der Waals surface area contributed by atoms with Crippen LogP contribution in [-0.4, -0.2) is 57.4 Å². The lowest BCUT2D eigenvalue weighted by atomic mass is 9.92. The van der Waals surface area contributed by atoms with Crippen molar-refractivity contribution in [3.05, 3.63) is 34.8 Å². The molecule has 0 bridgehead atoms. The molecule has 3 heterocycles. The lowest BCUT2D eigenvalue weighted by Gasteiger charge is -2.44. The normalized spacial score (nSPS) is 15.2. The Bertz CT molecular complexity index is 748. The van der Waals surface area contributed by atoms with Crippen LogP contribution in [0, 0.1) is 13.8 Å². The summed E-state index contributed by atoms with van der Waals surface area (Å²) in [6.07, 6.45) is 0. The van der Waals surface area contributed by atoms with Crippen molar-refractivity contribution in [1.82, 2.24) is 25.3 Å². The van der Waals surface area contributed by atoms with Gasteiger partial charge in [-0.05, 0) is 26.0 Å².